The maximum absolute atomic E-state index is 13.6. The van der Waals surface area contributed by atoms with Gasteiger partial charge in [0.1, 0.15) is 29.9 Å². The van der Waals surface area contributed by atoms with E-state index in [2.05, 4.69) is 10.6 Å². The molecule has 14 heteroatoms. The number of rotatable bonds is 26. The molecule has 1 saturated heterocycles. The van der Waals surface area contributed by atoms with Crippen molar-refractivity contribution in [2.75, 3.05) is 25.2 Å². The number of aliphatic hydroxyl groups excluding tert-OH is 6. The van der Waals surface area contributed by atoms with Crippen LogP contribution in [0.3, 0.4) is 0 Å². The second-order valence-electron chi connectivity index (χ2n) is 15.1. The molecule has 1 aliphatic heterocycles. The molecule has 0 bridgehead atoms. The summed E-state index contributed by atoms with van der Waals surface area (Å²) in [5.41, 5.74) is 3.21. The molecule has 0 spiro atoms. The monoisotopic (exact) mass is 809 g/mol. The molecule has 1 fully saturated rings. The number of hydrogen-bond acceptors (Lipinski definition) is 10. The SMILES string of the molecule is COc1ccc(C2[C@@H](CC[C@H](O)c3ccc(F)cc3)C(=O)N2c2ccc(CNC(=O)CCCCCCCCCCC(=O)NCC(O)C(O)C(O)[C@H](O)CO)cc2)cc1. The molecule has 318 valence electrons. The maximum Gasteiger partial charge on any atom is 0.233 e. The lowest BCUT2D eigenvalue weighted by molar-refractivity contribution is -0.131. The quantitative estimate of drug-likeness (QED) is 0.0430. The molecule has 0 aliphatic carbocycles. The molecule has 4 rings (SSSR count). The molecule has 4 unspecified atom stereocenters. The Morgan fingerprint density at radius 1 is 0.741 bits per heavy atom. The highest BCUT2D eigenvalue weighted by Gasteiger charge is 2.48. The maximum atomic E-state index is 13.6. The second-order valence-corrected chi connectivity index (χ2v) is 15.1. The van der Waals surface area contributed by atoms with Crippen LogP contribution in [0, 0.1) is 11.7 Å². The lowest BCUT2D eigenvalue weighted by Crippen LogP contribution is -2.55. The Labute approximate surface area is 339 Å². The fourth-order valence-corrected chi connectivity index (χ4v) is 7.18. The van der Waals surface area contributed by atoms with Gasteiger partial charge in [-0.25, -0.2) is 4.39 Å². The molecule has 3 aromatic rings. The number of nitrogens with zero attached hydrogens (tertiary/aromatic N) is 1. The summed E-state index contributed by atoms with van der Waals surface area (Å²) < 4.78 is 18.7. The van der Waals surface area contributed by atoms with Gasteiger partial charge in [0.15, 0.2) is 0 Å². The van der Waals surface area contributed by atoms with E-state index in [0.717, 1.165) is 61.8 Å². The van der Waals surface area contributed by atoms with Crippen molar-refractivity contribution in [3.63, 3.8) is 0 Å². The number of carbonyl (C=O) groups excluding carboxylic acids is 3. The van der Waals surface area contributed by atoms with Crippen LogP contribution in [0.1, 0.15) is 106 Å². The minimum absolute atomic E-state index is 0.0218. The van der Waals surface area contributed by atoms with E-state index in [1.165, 1.54) is 12.1 Å². The van der Waals surface area contributed by atoms with E-state index in [4.69, 9.17) is 9.84 Å². The molecule has 8 N–H and O–H groups in total. The van der Waals surface area contributed by atoms with Gasteiger partial charge in [-0.2, -0.15) is 0 Å². The summed E-state index contributed by atoms with van der Waals surface area (Å²) >= 11 is 0. The van der Waals surface area contributed by atoms with Crippen molar-refractivity contribution in [2.45, 2.75) is 120 Å². The van der Waals surface area contributed by atoms with Gasteiger partial charge in [0, 0.05) is 31.6 Å². The van der Waals surface area contributed by atoms with Gasteiger partial charge >= 0.3 is 0 Å². The number of ether oxygens (including phenoxy) is 1. The highest BCUT2D eigenvalue weighted by atomic mass is 19.1. The summed E-state index contributed by atoms with van der Waals surface area (Å²) in [5.74, 6) is -0.357. The number of halogens is 1. The number of aliphatic hydroxyl groups is 6. The standard InChI is InChI=1S/C44H60FN3O10/c1-58-34-22-16-31(17-23-34)41-35(24-25-36(50)30-14-18-32(45)19-15-30)44(57)48(41)33-20-12-29(13-21-33)26-46-39(53)10-8-6-4-2-3-5-7-9-11-40(54)47-27-37(51)42(55)43(56)38(52)28-49/h12-23,35-38,41-43,49-52,55-56H,2-11,24-28H2,1H3,(H,46,53)(H,47,54)/t35-,36+,37?,38-,41?,42?,43?/m1/s1. The van der Waals surface area contributed by atoms with Gasteiger partial charge in [-0.1, -0.05) is 74.9 Å². The van der Waals surface area contributed by atoms with E-state index in [1.807, 2.05) is 48.5 Å². The zero-order chi connectivity index (χ0) is 42.0. The van der Waals surface area contributed by atoms with Gasteiger partial charge in [-0.15, -0.1) is 0 Å². The van der Waals surface area contributed by atoms with Gasteiger partial charge in [0.2, 0.25) is 17.7 Å². The topological polar surface area (TPSA) is 209 Å². The fourth-order valence-electron chi connectivity index (χ4n) is 7.18. The van der Waals surface area contributed by atoms with Gasteiger partial charge < -0.3 is 50.9 Å². The molecule has 3 aromatic carbocycles. The average molecular weight is 810 g/mol. The first-order valence-electron chi connectivity index (χ1n) is 20.3. The number of carbonyl (C=O) groups is 3. The lowest BCUT2D eigenvalue weighted by Gasteiger charge is -2.48. The Morgan fingerprint density at radius 2 is 1.29 bits per heavy atom. The Morgan fingerprint density at radius 3 is 1.86 bits per heavy atom. The van der Waals surface area contributed by atoms with Crippen LogP contribution >= 0.6 is 0 Å². The van der Waals surface area contributed by atoms with E-state index in [1.54, 1.807) is 24.1 Å². The van der Waals surface area contributed by atoms with Crippen LogP contribution in [0.2, 0.25) is 0 Å². The molecule has 0 aromatic heterocycles. The van der Waals surface area contributed by atoms with E-state index < -0.39 is 37.1 Å². The Bertz CT molecular complexity index is 1700. The number of hydrogen-bond donors (Lipinski definition) is 8. The molecule has 58 heavy (non-hydrogen) atoms. The third-order valence-electron chi connectivity index (χ3n) is 10.8. The minimum atomic E-state index is -1.73. The normalized spacial score (nSPS) is 17.8. The smallest absolute Gasteiger partial charge is 0.233 e. The van der Waals surface area contributed by atoms with E-state index >= 15 is 0 Å². The lowest BCUT2D eigenvalue weighted by atomic mass is 9.78. The van der Waals surface area contributed by atoms with Crippen LogP contribution in [-0.2, 0) is 20.9 Å². The van der Waals surface area contributed by atoms with E-state index in [9.17, 15) is 44.3 Å². The van der Waals surface area contributed by atoms with E-state index in [0.29, 0.717) is 43.5 Å². The number of methoxy groups -OCH3 is 1. The molecule has 13 nitrogen and oxygen atoms in total. The number of anilines is 1. The van der Waals surface area contributed by atoms with Crippen LogP contribution < -0.4 is 20.3 Å². The van der Waals surface area contributed by atoms with Crippen molar-refractivity contribution >= 4 is 23.4 Å². The zero-order valence-corrected chi connectivity index (χ0v) is 33.2. The van der Waals surface area contributed by atoms with Crippen LogP contribution in [0.25, 0.3) is 0 Å². The summed E-state index contributed by atoms with van der Waals surface area (Å²) in [6.45, 7) is -0.681. The van der Waals surface area contributed by atoms with E-state index in [-0.39, 0.29) is 48.5 Å². The van der Waals surface area contributed by atoms with Gasteiger partial charge in [-0.3, -0.25) is 14.4 Å². The Hall–Kier alpha value is -4.44. The molecule has 1 aliphatic rings. The third kappa shape index (κ3) is 13.8. The number of unbranched alkanes of at least 4 members (excludes halogenated alkanes) is 7. The number of benzene rings is 3. The molecule has 0 radical (unpaired) electrons. The first kappa shape index (κ1) is 46.3. The van der Waals surface area contributed by atoms with Crippen LogP contribution in [0.15, 0.2) is 72.8 Å². The minimum Gasteiger partial charge on any atom is -0.497 e. The molecule has 0 saturated carbocycles. The molecule has 7 atom stereocenters. The Kier molecular flexibility index (Phi) is 19.0. The molecular weight excluding hydrogens is 749 g/mol. The summed E-state index contributed by atoms with van der Waals surface area (Å²) in [6, 6.07) is 20.7. The third-order valence-corrected chi connectivity index (χ3v) is 10.8. The van der Waals surface area contributed by atoms with Gasteiger partial charge in [0.25, 0.3) is 0 Å². The highest BCUT2D eigenvalue weighted by Crippen LogP contribution is 2.46. The van der Waals surface area contributed by atoms with Gasteiger partial charge in [0.05, 0.1) is 37.9 Å². The van der Waals surface area contributed by atoms with Gasteiger partial charge in [-0.05, 0) is 78.8 Å². The summed E-state index contributed by atoms with van der Waals surface area (Å²) in [5, 5.41) is 63.8. The fraction of sp³-hybridized carbons (Fsp3) is 0.523. The average Bonchev–Trinajstić information content (AvgIpc) is 3.24. The van der Waals surface area contributed by atoms with Crippen molar-refractivity contribution in [1.29, 1.82) is 0 Å². The number of β-lactam (4-membered cyclic amide) rings is 1. The zero-order valence-electron chi connectivity index (χ0n) is 33.2. The van der Waals surface area contributed by atoms with Crippen molar-refractivity contribution in [3.8, 4) is 5.75 Å². The summed E-state index contributed by atoms with van der Waals surface area (Å²) in [7, 11) is 1.60. The summed E-state index contributed by atoms with van der Waals surface area (Å²) in [4.78, 5) is 39.9. The molecular formula is C44H60FN3O10. The highest BCUT2D eigenvalue weighted by molar-refractivity contribution is 6.03. The molecule has 3 amide bonds. The number of nitrogens with one attached hydrogen (secondary N) is 2. The Balaban J connectivity index is 1.10. The van der Waals surface area contributed by atoms with Crippen LogP contribution in [0.4, 0.5) is 10.1 Å². The number of amides is 3. The largest absolute Gasteiger partial charge is 0.497 e. The van der Waals surface area contributed by atoms with Crippen molar-refractivity contribution < 1.29 is 54.2 Å². The predicted molar refractivity (Wildman–Crippen MR) is 216 cm³/mol. The first-order valence-corrected chi connectivity index (χ1v) is 20.3. The predicted octanol–water partition coefficient (Wildman–Crippen LogP) is 4.12. The second kappa shape index (κ2) is 23.8. The van der Waals surface area contributed by atoms with Crippen molar-refractivity contribution in [2.24, 2.45) is 5.92 Å². The van der Waals surface area contributed by atoms with Crippen molar-refractivity contribution in [3.05, 3.63) is 95.3 Å². The van der Waals surface area contributed by atoms with Crippen LogP contribution in [-0.4, -0.2) is 93.0 Å². The van der Waals surface area contributed by atoms with Crippen LogP contribution in [0.5, 0.6) is 5.75 Å². The molecule has 1 heterocycles. The first-order chi connectivity index (χ1) is 27.9. The summed E-state index contributed by atoms with van der Waals surface area (Å²) in [6.07, 6.45) is 1.46. The van der Waals surface area contributed by atoms with Crippen molar-refractivity contribution in [1.82, 2.24) is 10.6 Å².